The second-order valence-electron chi connectivity index (χ2n) is 5.78. The Hall–Kier alpha value is -2.31. The molecule has 21 heavy (non-hydrogen) atoms. The SMILES string of the molecule is C[C@H]1CN(C(=O)c2ccnnc2)Cc2nnc(C3CC3)n21. The van der Waals surface area contributed by atoms with Crippen molar-refractivity contribution in [3.8, 4) is 0 Å². The molecule has 1 saturated carbocycles. The summed E-state index contributed by atoms with van der Waals surface area (Å²) in [4.78, 5) is 14.3. The summed E-state index contributed by atoms with van der Waals surface area (Å²) in [5.41, 5.74) is 0.563. The zero-order chi connectivity index (χ0) is 14.4. The number of rotatable bonds is 2. The average molecular weight is 284 g/mol. The number of hydrogen-bond donors (Lipinski definition) is 0. The Kier molecular flexibility index (Phi) is 2.73. The maximum atomic E-state index is 12.5. The van der Waals surface area contributed by atoms with Crippen LogP contribution in [-0.4, -0.2) is 42.3 Å². The summed E-state index contributed by atoms with van der Waals surface area (Å²) in [7, 11) is 0. The highest BCUT2D eigenvalue weighted by Gasteiger charge is 2.35. The van der Waals surface area contributed by atoms with Gasteiger partial charge in [0.15, 0.2) is 5.82 Å². The normalized spacial score (nSPS) is 21.2. The van der Waals surface area contributed by atoms with Gasteiger partial charge in [-0.3, -0.25) is 4.79 Å². The second kappa shape index (κ2) is 4.61. The van der Waals surface area contributed by atoms with E-state index in [1.165, 1.54) is 25.2 Å². The van der Waals surface area contributed by atoms with Crippen molar-refractivity contribution < 1.29 is 4.79 Å². The first-order valence-electron chi connectivity index (χ1n) is 7.23. The van der Waals surface area contributed by atoms with Crippen LogP contribution in [0, 0.1) is 0 Å². The maximum absolute atomic E-state index is 12.5. The molecule has 2 aliphatic rings. The Morgan fingerprint density at radius 1 is 1.29 bits per heavy atom. The standard InChI is InChI=1S/C14H16N6O/c1-9-7-19(14(21)11-4-5-15-16-6-11)8-12-17-18-13(20(9)12)10-2-3-10/h4-6,9-10H,2-3,7-8H2,1H3/t9-/m0/s1. The van der Waals surface area contributed by atoms with Crippen molar-refractivity contribution >= 4 is 5.91 Å². The first-order chi connectivity index (χ1) is 10.2. The minimum absolute atomic E-state index is 0.0287. The van der Waals surface area contributed by atoms with Gasteiger partial charge in [-0.1, -0.05) is 0 Å². The molecule has 0 aromatic carbocycles. The highest BCUT2D eigenvalue weighted by molar-refractivity contribution is 5.93. The summed E-state index contributed by atoms with van der Waals surface area (Å²) < 4.78 is 2.21. The van der Waals surface area contributed by atoms with Crippen molar-refractivity contribution in [1.29, 1.82) is 0 Å². The molecule has 1 aliphatic heterocycles. The van der Waals surface area contributed by atoms with Crippen LogP contribution >= 0.6 is 0 Å². The highest BCUT2D eigenvalue weighted by atomic mass is 16.2. The topological polar surface area (TPSA) is 76.8 Å². The summed E-state index contributed by atoms with van der Waals surface area (Å²) >= 11 is 0. The minimum atomic E-state index is -0.0287. The molecule has 1 aliphatic carbocycles. The molecule has 0 unspecified atom stereocenters. The Labute approximate surface area is 122 Å². The molecular weight excluding hydrogens is 268 g/mol. The van der Waals surface area contributed by atoms with Crippen LogP contribution in [0.1, 0.15) is 53.7 Å². The van der Waals surface area contributed by atoms with E-state index in [4.69, 9.17) is 0 Å². The lowest BCUT2D eigenvalue weighted by Gasteiger charge is -2.32. The molecule has 1 atom stereocenters. The molecule has 1 fully saturated rings. The van der Waals surface area contributed by atoms with E-state index in [2.05, 4.69) is 31.9 Å². The van der Waals surface area contributed by atoms with Crippen LogP contribution < -0.4 is 0 Å². The third kappa shape index (κ3) is 2.09. The number of carbonyl (C=O) groups is 1. The fourth-order valence-corrected chi connectivity index (χ4v) is 2.94. The average Bonchev–Trinajstić information content (AvgIpc) is 3.27. The Morgan fingerprint density at radius 3 is 2.86 bits per heavy atom. The van der Waals surface area contributed by atoms with Crippen molar-refractivity contribution in [2.45, 2.75) is 38.3 Å². The predicted octanol–water partition coefficient (Wildman–Crippen LogP) is 1.16. The van der Waals surface area contributed by atoms with Gasteiger partial charge in [-0.25, -0.2) is 0 Å². The number of amides is 1. The van der Waals surface area contributed by atoms with Crippen LogP contribution in [0.2, 0.25) is 0 Å². The quantitative estimate of drug-likeness (QED) is 0.827. The van der Waals surface area contributed by atoms with Gasteiger partial charge in [-0.05, 0) is 25.8 Å². The molecule has 1 amide bonds. The highest BCUT2D eigenvalue weighted by Crippen LogP contribution is 2.41. The minimum Gasteiger partial charge on any atom is -0.329 e. The van der Waals surface area contributed by atoms with Crippen molar-refractivity contribution in [3.05, 3.63) is 35.7 Å². The molecule has 4 rings (SSSR count). The molecule has 2 aromatic rings. The molecule has 0 saturated heterocycles. The third-order valence-corrected chi connectivity index (χ3v) is 4.11. The zero-order valence-corrected chi connectivity index (χ0v) is 11.8. The van der Waals surface area contributed by atoms with E-state index in [0.29, 0.717) is 24.6 Å². The lowest BCUT2D eigenvalue weighted by atomic mass is 10.2. The molecule has 0 N–H and O–H groups in total. The maximum Gasteiger partial charge on any atom is 0.256 e. The molecule has 0 radical (unpaired) electrons. The summed E-state index contributed by atoms with van der Waals surface area (Å²) in [5.74, 6) is 2.51. The molecule has 108 valence electrons. The largest absolute Gasteiger partial charge is 0.329 e. The van der Waals surface area contributed by atoms with Crippen LogP contribution in [0.4, 0.5) is 0 Å². The van der Waals surface area contributed by atoms with Gasteiger partial charge in [0.1, 0.15) is 5.82 Å². The number of fused-ring (bicyclic) bond motifs is 1. The van der Waals surface area contributed by atoms with Gasteiger partial charge in [0.25, 0.3) is 5.91 Å². The zero-order valence-electron chi connectivity index (χ0n) is 11.8. The van der Waals surface area contributed by atoms with E-state index in [1.807, 2.05) is 4.90 Å². The van der Waals surface area contributed by atoms with Crippen molar-refractivity contribution in [2.24, 2.45) is 0 Å². The Morgan fingerprint density at radius 2 is 2.14 bits per heavy atom. The van der Waals surface area contributed by atoms with E-state index in [1.54, 1.807) is 6.07 Å². The molecule has 0 bridgehead atoms. The molecular formula is C14H16N6O. The third-order valence-electron chi connectivity index (χ3n) is 4.11. The molecule has 7 nitrogen and oxygen atoms in total. The first-order valence-corrected chi connectivity index (χ1v) is 7.23. The molecule has 3 heterocycles. The van der Waals surface area contributed by atoms with Gasteiger partial charge in [0, 0.05) is 12.5 Å². The van der Waals surface area contributed by atoms with Crippen molar-refractivity contribution in [1.82, 2.24) is 29.9 Å². The monoisotopic (exact) mass is 284 g/mol. The van der Waals surface area contributed by atoms with E-state index in [-0.39, 0.29) is 11.9 Å². The van der Waals surface area contributed by atoms with Crippen LogP contribution in [0.5, 0.6) is 0 Å². The van der Waals surface area contributed by atoms with E-state index in [0.717, 1.165) is 11.6 Å². The van der Waals surface area contributed by atoms with Crippen LogP contribution in [0.15, 0.2) is 18.5 Å². The number of carbonyl (C=O) groups excluding carboxylic acids is 1. The van der Waals surface area contributed by atoms with E-state index < -0.39 is 0 Å². The van der Waals surface area contributed by atoms with Gasteiger partial charge >= 0.3 is 0 Å². The summed E-state index contributed by atoms with van der Waals surface area (Å²) in [6, 6.07) is 1.90. The van der Waals surface area contributed by atoms with Gasteiger partial charge in [-0.2, -0.15) is 10.2 Å². The molecule has 7 heteroatoms. The summed E-state index contributed by atoms with van der Waals surface area (Å²) in [5, 5.41) is 16.1. The van der Waals surface area contributed by atoms with Gasteiger partial charge in [0.05, 0.1) is 30.5 Å². The number of nitrogens with zero attached hydrogens (tertiary/aromatic N) is 6. The van der Waals surface area contributed by atoms with Gasteiger partial charge in [-0.15, -0.1) is 10.2 Å². The van der Waals surface area contributed by atoms with Crippen LogP contribution in [-0.2, 0) is 6.54 Å². The predicted molar refractivity (Wildman–Crippen MR) is 73.5 cm³/mol. The van der Waals surface area contributed by atoms with Gasteiger partial charge < -0.3 is 9.47 Å². The lowest BCUT2D eigenvalue weighted by Crippen LogP contribution is -2.40. The smallest absolute Gasteiger partial charge is 0.256 e. The summed E-state index contributed by atoms with van der Waals surface area (Å²) in [6.07, 6.45) is 5.45. The second-order valence-corrected chi connectivity index (χ2v) is 5.78. The van der Waals surface area contributed by atoms with Crippen LogP contribution in [0.25, 0.3) is 0 Å². The summed E-state index contributed by atoms with van der Waals surface area (Å²) in [6.45, 7) is 3.29. The molecule has 2 aromatic heterocycles. The lowest BCUT2D eigenvalue weighted by molar-refractivity contribution is 0.0679. The van der Waals surface area contributed by atoms with E-state index in [9.17, 15) is 4.79 Å². The van der Waals surface area contributed by atoms with Gasteiger partial charge in [0.2, 0.25) is 0 Å². The van der Waals surface area contributed by atoms with Crippen LogP contribution in [0.3, 0.4) is 0 Å². The Bertz CT molecular complexity index is 678. The van der Waals surface area contributed by atoms with E-state index >= 15 is 0 Å². The number of hydrogen-bond acceptors (Lipinski definition) is 5. The van der Waals surface area contributed by atoms with Crippen molar-refractivity contribution in [3.63, 3.8) is 0 Å². The Balaban J connectivity index is 1.61. The van der Waals surface area contributed by atoms with Crippen molar-refractivity contribution in [2.75, 3.05) is 6.54 Å². The molecule has 0 spiro atoms. The fourth-order valence-electron chi connectivity index (χ4n) is 2.94. The first kappa shape index (κ1) is 12.4. The fraction of sp³-hybridized carbons (Fsp3) is 0.500. The number of aromatic nitrogens is 5.